The molecule has 0 N–H and O–H groups in total. The van der Waals surface area contributed by atoms with Gasteiger partial charge < -0.3 is 18.9 Å². The molecule has 1 saturated heterocycles. The van der Waals surface area contributed by atoms with E-state index in [1.807, 2.05) is 0 Å². The van der Waals surface area contributed by atoms with Crippen LogP contribution in [0.25, 0.3) is 0 Å². The predicted molar refractivity (Wildman–Crippen MR) is 154 cm³/mol. The van der Waals surface area contributed by atoms with Crippen LogP contribution in [0.15, 0.2) is 0 Å². The van der Waals surface area contributed by atoms with Crippen molar-refractivity contribution in [2.75, 3.05) is 0 Å². The fourth-order valence-corrected chi connectivity index (χ4v) is 10.7. The zero-order chi connectivity index (χ0) is 30.0. The molecule has 232 valence electrons. The van der Waals surface area contributed by atoms with Gasteiger partial charge in [-0.15, -0.1) is 0 Å². The van der Waals surface area contributed by atoms with E-state index >= 15 is 0 Å². The van der Waals surface area contributed by atoms with Crippen molar-refractivity contribution in [3.05, 3.63) is 0 Å². The molecular weight excluding hydrogens is 520 g/mol. The van der Waals surface area contributed by atoms with Crippen LogP contribution in [0, 0.1) is 58.2 Å². The van der Waals surface area contributed by atoms with Gasteiger partial charge in [0, 0.05) is 49.9 Å². The van der Waals surface area contributed by atoms with E-state index in [9.17, 15) is 14.4 Å². The first-order valence-electron chi connectivity index (χ1n) is 16.4. The first-order chi connectivity index (χ1) is 19.2. The number of hydrogen-bond donors (Lipinski definition) is 0. The molecule has 14 atom stereocenters. The second kappa shape index (κ2) is 11.1. The summed E-state index contributed by atoms with van der Waals surface area (Å²) in [5.41, 5.74) is -0.343. The molecule has 0 unspecified atom stereocenters. The smallest absolute Gasteiger partial charge is 0.302 e. The van der Waals surface area contributed by atoms with E-state index in [1.54, 1.807) is 0 Å². The van der Waals surface area contributed by atoms with Crippen LogP contribution in [0.2, 0.25) is 0 Å². The Morgan fingerprint density at radius 1 is 0.805 bits per heavy atom. The van der Waals surface area contributed by atoms with Crippen LogP contribution in [0.4, 0.5) is 0 Å². The van der Waals surface area contributed by atoms with Gasteiger partial charge in [0.2, 0.25) is 0 Å². The van der Waals surface area contributed by atoms with E-state index in [-0.39, 0.29) is 59.6 Å². The van der Waals surface area contributed by atoms with Crippen molar-refractivity contribution in [2.24, 2.45) is 58.2 Å². The highest BCUT2D eigenvalue weighted by Gasteiger charge is 2.76. The third-order valence-corrected chi connectivity index (χ3v) is 12.9. The van der Waals surface area contributed by atoms with Crippen LogP contribution in [-0.2, 0) is 33.3 Å². The lowest BCUT2D eigenvalue weighted by molar-refractivity contribution is -0.230. The van der Waals surface area contributed by atoms with Gasteiger partial charge in [-0.1, -0.05) is 54.4 Å². The third kappa shape index (κ3) is 5.25. The average Bonchev–Trinajstić information content (AvgIpc) is 3.58. The highest BCUT2D eigenvalue weighted by molar-refractivity contribution is 5.67. The van der Waals surface area contributed by atoms with Crippen molar-refractivity contribution in [2.45, 2.75) is 138 Å². The number of rotatable bonds is 8. The van der Waals surface area contributed by atoms with Crippen molar-refractivity contribution in [3.8, 4) is 0 Å². The summed E-state index contributed by atoms with van der Waals surface area (Å²) in [5, 5.41) is 0. The number of carbonyl (C=O) groups excluding carboxylic acids is 3. The molecule has 0 aromatic carbocycles. The van der Waals surface area contributed by atoms with E-state index in [4.69, 9.17) is 18.9 Å². The zero-order valence-corrected chi connectivity index (χ0v) is 26.8. The molecule has 4 saturated carbocycles. The van der Waals surface area contributed by atoms with Gasteiger partial charge in [0.15, 0.2) is 0 Å². The van der Waals surface area contributed by atoms with Gasteiger partial charge >= 0.3 is 17.9 Å². The van der Waals surface area contributed by atoms with Crippen LogP contribution in [-0.4, -0.2) is 48.4 Å². The van der Waals surface area contributed by atoms with Gasteiger partial charge in [-0.2, -0.15) is 0 Å². The average molecular weight is 575 g/mol. The monoisotopic (exact) mass is 574 g/mol. The summed E-state index contributed by atoms with van der Waals surface area (Å²) in [5.74, 6) is 2.65. The number of esters is 3. The van der Waals surface area contributed by atoms with Gasteiger partial charge in [-0.25, -0.2) is 0 Å². The molecule has 0 bridgehead atoms. The highest BCUT2D eigenvalue weighted by Crippen LogP contribution is 2.73. The highest BCUT2D eigenvalue weighted by atomic mass is 16.6. The number of epoxide rings is 1. The zero-order valence-electron chi connectivity index (χ0n) is 26.8. The maximum atomic E-state index is 12.4. The second-order valence-electron chi connectivity index (χ2n) is 15.3. The summed E-state index contributed by atoms with van der Waals surface area (Å²) in [6.45, 7) is 18.6. The van der Waals surface area contributed by atoms with Gasteiger partial charge in [0.1, 0.15) is 18.3 Å². The van der Waals surface area contributed by atoms with Gasteiger partial charge in [0.25, 0.3) is 0 Å². The number of carbonyl (C=O) groups is 3. The molecule has 5 aliphatic rings. The topological polar surface area (TPSA) is 91.4 Å². The molecule has 0 radical (unpaired) electrons. The summed E-state index contributed by atoms with van der Waals surface area (Å²) in [4.78, 5) is 36.8. The van der Waals surface area contributed by atoms with Crippen LogP contribution in [0.1, 0.15) is 107 Å². The summed E-state index contributed by atoms with van der Waals surface area (Å²) < 4.78 is 24.7. The third-order valence-electron chi connectivity index (χ3n) is 12.9. The fraction of sp³-hybridized carbons (Fsp3) is 0.912. The Bertz CT molecular complexity index is 1020. The summed E-state index contributed by atoms with van der Waals surface area (Å²) in [7, 11) is 0. The molecule has 7 heteroatoms. The number of ether oxygens (including phenoxy) is 4. The molecule has 1 heterocycles. The standard InChI is InChI=1S/C34H54O7/c1-17(2)18(3)10-11-19(4)25-12-13-26-24-16-28(39-21(6)36)27-14-23(38-20(5)35)15-29(40-22(7)37)34(27,9)30(24)31-32(41-31)33(25,26)8/h17-19,23-32H,10-16H2,1-9H3/t18-,19-,23-,24+,25-,26+,27-,28-,29+,30-,31+,32+,33-,34-/m1/s1. The molecule has 4 aliphatic carbocycles. The molecule has 5 fully saturated rings. The molecule has 1 aliphatic heterocycles. The minimum atomic E-state index is -0.442. The molecule has 5 rings (SSSR count). The number of hydrogen-bond acceptors (Lipinski definition) is 7. The first-order valence-corrected chi connectivity index (χ1v) is 16.4. The Morgan fingerprint density at radius 3 is 2.07 bits per heavy atom. The van der Waals surface area contributed by atoms with Crippen molar-refractivity contribution in [1.82, 2.24) is 0 Å². The van der Waals surface area contributed by atoms with Crippen molar-refractivity contribution in [3.63, 3.8) is 0 Å². The van der Waals surface area contributed by atoms with Crippen molar-refractivity contribution in [1.29, 1.82) is 0 Å². The van der Waals surface area contributed by atoms with Crippen molar-refractivity contribution >= 4 is 17.9 Å². The Hall–Kier alpha value is -1.63. The lowest BCUT2D eigenvalue weighted by Gasteiger charge is -2.62. The molecule has 0 aromatic rings. The molecule has 7 nitrogen and oxygen atoms in total. The lowest BCUT2D eigenvalue weighted by Crippen LogP contribution is -2.66. The van der Waals surface area contributed by atoms with Crippen LogP contribution >= 0.6 is 0 Å². The van der Waals surface area contributed by atoms with Crippen LogP contribution in [0.3, 0.4) is 0 Å². The SMILES string of the molecule is CC(=O)O[C@H]1C[C@H](OC(C)=O)[C@]2(C)[C@@H]3[C@@H](C[C@@H](OC(C)=O)[C@H]2C1)[C@@H]1CC[C@H]([C@H](C)CC[C@@H](C)C(C)C)[C@@]1(C)[C@H]1O[C@@H]31. The largest absolute Gasteiger partial charge is 0.462 e. The summed E-state index contributed by atoms with van der Waals surface area (Å²) >= 11 is 0. The normalized spacial score (nSPS) is 45.8. The van der Waals surface area contributed by atoms with Gasteiger partial charge in [-0.05, 0) is 61.2 Å². The predicted octanol–water partition coefficient (Wildman–Crippen LogP) is 6.36. The lowest BCUT2D eigenvalue weighted by atomic mass is 9.43. The minimum absolute atomic E-state index is 0.0852. The van der Waals surface area contributed by atoms with E-state index in [1.165, 1.54) is 46.5 Å². The second-order valence-corrected chi connectivity index (χ2v) is 15.3. The Morgan fingerprint density at radius 2 is 1.46 bits per heavy atom. The van der Waals surface area contributed by atoms with Crippen LogP contribution in [0.5, 0.6) is 0 Å². The summed E-state index contributed by atoms with van der Waals surface area (Å²) in [6.07, 6.45) is 5.98. The maximum Gasteiger partial charge on any atom is 0.302 e. The quantitative estimate of drug-likeness (QED) is 0.189. The molecule has 41 heavy (non-hydrogen) atoms. The Kier molecular flexibility index (Phi) is 8.37. The van der Waals surface area contributed by atoms with E-state index in [0.717, 1.165) is 12.3 Å². The van der Waals surface area contributed by atoms with E-state index in [0.29, 0.717) is 42.4 Å². The van der Waals surface area contributed by atoms with Crippen LogP contribution < -0.4 is 0 Å². The Labute approximate surface area is 247 Å². The Balaban J connectivity index is 1.48. The first kappa shape index (κ1) is 30.8. The molecule has 0 aromatic heterocycles. The fourth-order valence-electron chi connectivity index (χ4n) is 10.7. The molecule has 0 spiro atoms. The van der Waals surface area contributed by atoms with E-state index < -0.39 is 11.5 Å². The van der Waals surface area contributed by atoms with Gasteiger partial charge in [0.05, 0.1) is 12.2 Å². The summed E-state index contributed by atoms with van der Waals surface area (Å²) in [6, 6.07) is 0. The molecular formula is C34H54O7. The molecule has 0 amide bonds. The van der Waals surface area contributed by atoms with Crippen molar-refractivity contribution < 1.29 is 33.3 Å². The number of fused-ring (bicyclic) bond motifs is 8. The van der Waals surface area contributed by atoms with E-state index in [2.05, 4.69) is 41.5 Å². The van der Waals surface area contributed by atoms with Gasteiger partial charge in [-0.3, -0.25) is 14.4 Å². The minimum Gasteiger partial charge on any atom is -0.462 e. The maximum absolute atomic E-state index is 12.4.